The molecule has 0 fully saturated rings. The molecule has 3 aromatic rings. The minimum atomic E-state index is -4.40. The Morgan fingerprint density at radius 2 is 1.70 bits per heavy atom. The van der Waals surface area contributed by atoms with E-state index in [0.29, 0.717) is 24.4 Å². The van der Waals surface area contributed by atoms with Gasteiger partial charge in [0, 0.05) is 24.7 Å². The molecule has 174 valence electrons. The smallest absolute Gasteiger partial charge is 0.416 e. The van der Waals surface area contributed by atoms with Crippen LogP contribution >= 0.6 is 0 Å². The molecule has 0 aliphatic rings. The predicted molar refractivity (Wildman–Crippen MR) is 120 cm³/mol. The molecule has 0 aliphatic carbocycles. The van der Waals surface area contributed by atoms with Gasteiger partial charge in [0.1, 0.15) is 6.04 Å². The van der Waals surface area contributed by atoms with Crippen LogP contribution in [0.3, 0.4) is 0 Å². The first-order valence-electron chi connectivity index (χ1n) is 10.5. The number of hydrogen-bond donors (Lipinski definition) is 2. The Hall–Kier alpha value is -3.39. The lowest BCUT2D eigenvalue weighted by atomic mass is 9.88. The third-order valence-electron chi connectivity index (χ3n) is 5.43. The molecule has 2 atom stereocenters. The summed E-state index contributed by atoms with van der Waals surface area (Å²) in [5.41, 5.74) is 1.58. The van der Waals surface area contributed by atoms with Crippen LogP contribution in [0.4, 0.5) is 13.2 Å². The molecule has 0 saturated carbocycles. The SMILES string of the molecule is CNC(=O)[C@H](NCC[C@H](c1ccc(C(F)(F)F)cc1)c1cccnc1OC)c1ccccc1. The fourth-order valence-electron chi connectivity index (χ4n) is 3.77. The summed E-state index contributed by atoms with van der Waals surface area (Å²) in [7, 11) is 3.08. The topological polar surface area (TPSA) is 63.2 Å². The van der Waals surface area contributed by atoms with E-state index in [1.807, 2.05) is 36.4 Å². The molecule has 2 N–H and O–H groups in total. The largest absolute Gasteiger partial charge is 0.481 e. The summed E-state index contributed by atoms with van der Waals surface area (Å²) in [5.74, 6) is -0.0518. The number of rotatable bonds is 9. The van der Waals surface area contributed by atoms with Crippen LogP contribution < -0.4 is 15.4 Å². The zero-order chi connectivity index (χ0) is 23.8. The molecule has 8 heteroatoms. The number of halogens is 3. The lowest BCUT2D eigenvalue weighted by molar-refractivity contribution is -0.137. The summed E-state index contributed by atoms with van der Waals surface area (Å²) in [6, 6.07) is 17.5. The van der Waals surface area contributed by atoms with Crippen molar-refractivity contribution >= 4 is 5.91 Å². The number of likely N-dealkylation sites (N-methyl/N-ethyl adjacent to an activating group) is 1. The van der Waals surface area contributed by atoms with Crippen molar-refractivity contribution in [2.75, 3.05) is 20.7 Å². The number of amides is 1. The van der Waals surface area contributed by atoms with Crippen molar-refractivity contribution in [2.24, 2.45) is 0 Å². The molecule has 0 spiro atoms. The molecule has 0 unspecified atom stereocenters. The van der Waals surface area contributed by atoms with E-state index in [2.05, 4.69) is 15.6 Å². The first kappa shape index (κ1) is 24.3. The van der Waals surface area contributed by atoms with Crippen LogP contribution in [-0.4, -0.2) is 31.6 Å². The van der Waals surface area contributed by atoms with E-state index >= 15 is 0 Å². The van der Waals surface area contributed by atoms with Gasteiger partial charge in [-0.25, -0.2) is 4.98 Å². The average Bonchev–Trinajstić information content (AvgIpc) is 2.84. The number of carbonyl (C=O) groups is 1. The molecule has 0 radical (unpaired) electrons. The Balaban J connectivity index is 1.86. The maximum absolute atomic E-state index is 13.0. The Morgan fingerprint density at radius 3 is 2.30 bits per heavy atom. The van der Waals surface area contributed by atoms with E-state index in [0.717, 1.165) is 23.3 Å². The molecule has 1 heterocycles. The third kappa shape index (κ3) is 6.10. The number of carbonyl (C=O) groups excluding carboxylic acids is 1. The summed E-state index contributed by atoms with van der Waals surface area (Å²) in [6.45, 7) is 0.427. The summed E-state index contributed by atoms with van der Waals surface area (Å²) < 4.78 is 44.5. The van der Waals surface area contributed by atoms with Crippen LogP contribution in [-0.2, 0) is 11.0 Å². The van der Waals surface area contributed by atoms with E-state index < -0.39 is 17.8 Å². The molecule has 0 bridgehead atoms. The fraction of sp³-hybridized carbons (Fsp3) is 0.280. The molecule has 33 heavy (non-hydrogen) atoms. The van der Waals surface area contributed by atoms with E-state index in [1.165, 1.54) is 19.2 Å². The number of alkyl halides is 3. The molecule has 5 nitrogen and oxygen atoms in total. The Morgan fingerprint density at radius 1 is 1.00 bits per heavy atom. The van der Waals surface area contributed by atoms with Gasteiger partial charge < -0.3 is 15.4 Å². The van der Waals surface area contributed by atoms with Gasteiger partial charge in [0.2, 0.25) is 11.8 Å². The van der Waals surface area contributed by atoms with Gasteiger partial charge in [0.15, 0.2) is 0 Å². The van der Waals surface area contributed by atoms with E-state index in [1.54, 1.807) is 19.3 Å². The number of benzene rings is 2. The Bertz CT molecular complexity index is 1040. The van der Waals surface area contributed by atoms with Crippen LogP contribution in [0.15, 0.2) is 72.9 Å². The maximum Gasteiger partial charge on any atom is 0.416 e. The van der Waals surface area contributed by atoms with Crippen LogP contribution in [0.2, 0.25) is 0 Å². The van der Waals surface area contributed by atoms with Crippen LogP contribution in [0.1, 0.15) is 40.6 Å². The minimum Gasteiger partial charge on any atom is -0.481 e. The standard InChI is InChI=1S/C25H26F3N3O2/c1-29-23(32)22(18-7-4-3-5-8-18)30-16-14-20(21-9-6-15-31-24(21)33-2)17-10-12-19(13-11-17)25(26,27)28/h3-13,15,20,22,30H,14,16H2,1-2H3,(H,29,32)/t20-,22-/m1/s1. The predicted octanol–water partition coefficient (Wildman–Crippen LogP) is 4.71. The monoisotopic (exact) mass is 457 g/mol. The summed E-state index contributed by atoms with van der Waals surface area (Å²) in [5, 5.41) is 5.94. The molecule has 1 amide bonds. The number of nitrogens with zero attached hydrogens (tertiary/aromatic N) is 1. The quantitative estimate of drug-likeness (QED) is 0.489. The van der Waals surface area contributed by atoms with Gasteiger partial charge in [0.05, 0.1) is 12.7 Å². The third-order valence-corrected chi connectivity index (χ3v) is 5.43. The lowest BCUT2D eigenvalue weighted by Crippen LogP contribution is -2.36. The number of methoxy groups -OCH3 is 1. The molecule has 1 aromatic heterocycles. The van der Waals surface area contributed by atoms with Crippen molar-refractivity contribution < 1.29 is 22.7 Å². The van der Waals surface area contributed by atoms with Crippen molar-refractivity contribution in [3.63, 3.8) is 0 Å². The fourth-order valence-corrected chi connectivity index (χ4v) is 3.77. The Labute approximate surface area is 191 Å². The second kappa shape index (κ2) is 11.0. The average molecular weight is 457 g/mol. The number of hydrogen-bond acceptors (Lipinski definition) is 4. The van der Waals surface area contributed by atoms with Crippen molar-refractivity contribution in [3.05, 3.63) is 95.2 Å². The normalized spacial score (nSPS) is 13.2. The lowest BCUT2D eigenvalue weighted by Gasteiger charge is -2.23. The molecule has 0 saturated heterocycles. The first-order chi connectivity index (χ1) is 15.8. The van der Waals surface area contributed by atoms with Crippen molar-refractivity contribution in [1.29, 1.82) is 0 Å². The van der Waals surface area contributed by atoms with Crippen LogP contribution in [0.25, 0.3) is 0 Å². The van der Waals surface area contributed by atoms with Crippen molar-refractivity contribution in [3.8, 4) is 5.88 Å². The highest BCUT2D eigenvalue weighted by molar-refractivity contribution is 5.82. The highest BCUT2D eigenvalue weighted by Gasteiger charge is 2.30. The van der Waals surface area contributed by atoms with E-state index in [-0.39, 0.29) is 11.8 Å². The van der Waals surface area contributed by atoms with Gasteiger partial charge in [-0.15, -0.1) is 0 Å². The summed E-state index contributed by atoms with van der Waals surface area (Å²) >= 11 is 0. The van der Waals surface area contributed by atoms with Crippen molar-refractivity contribution in [1.82, 2.24) is 15.6 Å². The second-order valence-corrected chi connectivity index (χ2v) is 7.48. The molecular weight excluding hydrogens is 431 g/mol. The van der Waals surface area contributed by atoms with Crippen molar-refractivity contribution in [2.45, 2.75) is 24.6 Å². The van der Waals surface area contributed by atoms with Gasteiger partial charge in [-0.2, -0.15) is 13.2 Å². The molecule has 2 aromatic carbocycles. The zero-order valence-electron chi connectivity index (χ0n) is 18.4. The minimum absolute atomic E-state index is 0.175. The number of ether oxygens (including phenoxy) is 1. The van der Waals surface area contributed by atoms with E-state index in [9.17, 15) is 18.0 Å². The van der Waals surface area contributed by atoms with Gasteiger partial charge in [-0.1, -0.05) is 48.5 Å². The number of nitrogens with one attached hydrogen (secondary N) is 2. The highest BCUT2D eigenvalue weighted by atomic mass is 19.4. The number of pyridine rings is 1. The van der Waals surface area contributed by atoms with Gasteiger partial charge in [-0.3, -0.25) is 4.79 Å². The summed E-state index contributed by atoms with van der Waals surface area (Å²) in [4.78, 5) is 16.7. The van der Waals surface area contributed by atoms with Crippen LogP contribution in [0.5, 0.6) is 5.88 Å². The van der Waals surface area contributed by atoms with Gasteiger partial charge >= 0.3 is 6.18 Å². The number of aromatic nitrogens is 1. The Kier molecular flexibility index (Phi) is 8.06. The molecule has 3 rings (SSSR count). The second-order valence-electron chi connectivity index (χ2n) is 7.48. The van der Waals surface area contributed by atoms with E-state index in [4.69, 9.17) is 4.74 Å². The van der Waals surface area contributed by atoms with Gasteiger partial charge in [-0.05, 0) is 42.3 Å². The molecule has 0 aliphatic heterocycles. The molecular formula is C25H26F3N3O2. The maximum atomic E-state index is 13.0. The zero-order valence-corrected chi connectivity index (χ0v) is 18.4. The first-order valence-corrected chi connectivity index (χ1v) is 10.5. The highest BCUT2D eigenvalue weighted by Crippen LogP contribution is 2.35. The summed E-state index contributed by atoms with van der Waals surface area (Å²) in [6.07, 6.45) is -2.30. The van der Waals surface area contributed by atoms with Crippen LogP contribution in [0, 0.1) is 0 Å². The van der Waals surface area contributed by atoms with Gasteiger partial charge in [0.25, 0.3) is 0 Å².